The Kier molecular flexibility index (Phi) is 6.37. The monoisotopic (exact) mass is 423 g/mol. The summed E-state index contributed by atoms with van der Waals surface area (Å²) in [6.07, 6.45) is 4.98. The lowest BCUT2D eigenvalue weighted by atomic mass is 9.78. The van der Waals surface area contributed by atoms with Gasteiger partial charge in [-0.1, -0.05) is 37.1 Å². The number of nitrogens with zero attached hydrogens (tertiary/aromatic N) is 1. The van der Waals surface area contributed by atoms with E-state index in [1.807, 2.05) is 30.3 Å². The lowest BCUT2D eigenvalue weighted by Gasteiger charge is -2.30. The van der Waals surface area contributed by atoms with E-state index in [-0.39, 0.29) is 23.5 Å². The third-order valence-electron chi connectivity index (χ3n) is 6.85. The topological polar surface area (TPSA) is 75.4 Å². The average Bonchev–Trinajstić information content (AvgIpc) is 3.26. The molecule has 1 saturated carbocycles. The molecule has 2 aromatic rings. The molecule has 6 heteroatoms. The van der Waals surface area contributed by atoms with Crippen LogP contribution in [0, 0.1) is 11.7 Å². The fraction of sp³-hybridized carbons (Fsp3) is 0.440. The van der Waals surface area contributed by atoms with E-state index >= 15 is 0 Å². The molecule has 1 aliphatic carbocycles. The molecule has 31 heavy (non-hydrogen) atoms. The van der Waals surface area contributed by atoms with Crippen molar-refractivity contribution in [1.29, 1.82) is 0 Å². The number of nitrogens with two attached hydrogens (primary N) is 1. The van der Waals surface area contributed by atoms with Gasteiger partial charge in [0, 0.05) is 18.2 Å². The molecule has 164 valence electrons. The molecular formula is C25H30FN3O2. The standard InChI is InChI=1S/C25H30FN3O2/c26-21-7-4-6-20(16-21)25(11-1-2-12-25)24(31)28-22-8-3-5-18(15-22)17-29-13-9-19(10-14-29)23(27)30/h3-8,15-16,19H,1-2,9-14,17H2,(H2,27,30)(H,28,31). The molecule has 2 aromatic carbocycles. The Morgan fingerprint density at radius 3 is 2.45 bits per heavy atom. The highest BCUT2D eigenvalue weighted by Crippen LogP contribution is 2.42. The SMILES string of the molecule is NC(=O)C1CCN(Cc2cccc(NC(=O)C3(c4cccc(F)c4)CCCC3)c2)CC1. The normalized spacial score (nSPS) is 19.3. The van der Waals surface area contributed by atoms with Gasteiger partial charge in [0.25, 0.3) is 0 Å². The zero-order valence-corrected chi connectivity index (χ0v) is 17.8. The van der Waals surface area contributed by atoms with E-state index in [9.17, 15) is 14.0 Å². The third-order valence-corrected chi connectivity index (χ3v) is 6.85. The predicted octanol–water partition coefficient (Wildman–Crippen LogP) is 3.97. The van der Waals surface area contributed by atoms with Crippen LogP contribution >= 0.6 is 0 Å². The van der Waals surface area contributed by atoms with E-state index in [1.165, 1.54) is 12.1 Å². The first-order chi connectivity index (χ1) is 15.0. The summed E-state index contributed by atoms with van der Waals surface area (Å²) in [6, 6.07) is 14.4. The Labute approximate surface area is 182 Å². The van der Waals surface area contributed by atoms with Crippen LogP contribution in [0.25, 0.3) is 0 Å². The van der Waals surface area contributed by atoms with Crippen molar-refractivity contribution in [1.82, 2.24) is 4.90 Å². The number of anilines is 1. The van der Waals surface area contributed by atoms with Crippen LogP contribution in [0.2, 0.25) is 0 Å². The molecule has 0 bridgehead atoms. The first kappa shape index (κ1) is 21.5. The first-order valence-corrected chi connectivity index (χ1v) is 11.1. The minimum Gasteiger partial charge on any atom is -0.369 e. The van der Waals surface area contributed by atoms with Crippen molar-refractivity contribution in [2.24, 2.45) is 11.7 Å². The maximum atomic E-state index is 13.9. The minimum atomic E-state index is -0.672. The largest absolute Gasteiger partial charge is 0.369 e. The highest BCUT2D eigenvalue weighted by Gasteiger charge is 2.42. The highest BCUT2D eigenvalue weighted by atomic mass is 19.1. The van der Waals surface area contributed by atoms with Gasteiger partial charge in [-0.25, -0.2) is 4.39 Å². The Balaban J connectivity index is 1.44. The second-order valence-corrected chi connectivity index (χ2v) is 8.91. The Morgan fingerprint density at radius 2 is 1.77 bits per heavy atom. The summed E-state index contributed by atoms with van der Waals surface area (Å²) in [6.45, 7) is 2.45. The van der Waals surface area contributed by atoms with Crippen molar-refractivity contribution in [2.45, 2.75) is 50.5 Å². The number of rotatable bonds is 6. The van der Waals surface area contributed by atoms with Gasteiger partial charge < -0.3 is 11.1 Å². The van der Waals surface area contributed by atoms with Crippen molar-refractivity contribution in [3.05, 3.63) is 65.5 Å². The van der Waals surface area contributed by atoms with Gasteiger partial charge >= 0.3 is 0 Å². The van der Waals surface area contributed by atoms with Crippen molar-refractivity contribution >= 4 is 17.5 Å². The van der Waals surface area contributed by atoms with Crippen LogP contribution in [-0.2, 0) is 21.5 Å². The smallest absolute Gasteiger partial charge is 0.235 e. The molecule has 2 amide bonds. The number of nitrogens with one attached hydrogen (secondary N) is 1. The molecule has 0 radical (unpaired) electrons. The first-order valence-electron chi connectivity index (χ1n) is 11.1. The summed E-state index contributed by atoms with van der Waals surface area (Å²) in [4.78, 5) is 27.0. The number of primary amides is 1. The molecule has 0 atom stereocenters. The Hall–Kier alpha value is -2.73. The molecule has 0 spiro atoms. The van der Waals surface area contributed by atoms with E-state index in [2.05, 4.69) is 10.2 Å². The molecule has 4 rings (SSSR count). The summed E-state index contributed by atoms with van der Waals surface area (Å²) in [5, 5.41) is 3.10. The number of carbonyl (C=O) groups is 2. The van der Waals surface area contributed by atoms with Gasteiger partial charge in [-0.05, 0) is 74.2 Å². The van der Waals surface area contributed by atoms with Gasteiger partial charge in [0.1, 0.15) is 5.82 Å². The maximum absolute atomic E-state index is 13.9. The van der Waals surface area contributed by atoms with Crippen LogP contribution in [0.1, 0.15) is 49.7 Å². The van der Waals surface area contributed by atoms with Gasteiger partial charge in [0.05, 0.1) is 5.41 Å². The van der Waals surface area contributed by atoms with Crippen LogP contribution in [0.15, 0.2) is 48.5 Å². The zero-order chi connectivity index (χ0) is 21.8. The van der Waals surface area contributed by atoms with E-state index in [0.717, 1.165) is 75.0 Å². The van der Waals surface area contributed by atoms with Crippen LogP contribution in [0.4, 0.5) is 10.1 Å². The van der Waals surface area contributed by atoms with Gasteiger partial charge in [-0.15, -0.1) is 0 Å². The van der Waals surface area contributed by atoms with E-state index in [4.69, 9.17) is 5.73 Å². The van der Waals surface area contributed by atoms with E-state index in [0.29, 0.717) is 0 Å². The average molecular weight is 424 g/mol. The summed E-state index contributed by atoms with van der Waals surface area (Å²) in [5.41, 5.74) is 7.39. The second kappa shape index (κ2) is 9.18. The molecule has 2 aliphatic rings. The summed E-state index contributed by atoms with van der Waals surface area (Å²) in [5.74, 6) is -0.593. The summed E-state index contributed by atoms with van der Waals surface area (Å²) >= 11 is 0. The van der Waals surface area contributed by atoms with Gasteiger partial charge in [-0.3, -0.25) is 14.5 Å². The number of hydrogen-bond acceptors (Lipinski definition) is 3. The number of amides is 2. The quantitative estimate of drug-likeness (QED) is 0.738. The highest BCUT2D eigenvalue weighted by molar-refractivity contribution is 5.99. The predicted molar refractivity (Wildman–Crippen MR) is 119 cm³/mol. The molecule has 5 nitrogen and oxygen atoms in total. The van der Waals surface area contributed by atoms with E-state index in [1.54, 1.807) is 6.07 Å². The van der Waals surface area contributed by atoms with Crippen LogP contribution < -0.4 is 11.1 Å². The molecule has 0 unspecified atom stereocenters. The lowest BCUT2D eigenvalue weighted by Crippen LogP contribution is -2.38. The summed E-state index contributed by atoms with van der Waals surface area (Å²) in [7, 11) is 0. The van der Waals surface area contributed by atoms with Crippen LogP contribution in [-0.4, -0.2) is 29.8 Å². The van der Waals surface area contributed by atoms with Crippen molar-refractivity contribution in [3.8, 4) is 0 Å². The molecule has 1 saturated heterocycles. The molecule has 1 aliphatic heterocycles. The lowest BCUT2D eigenvalue weighted by molar-refractivity contribution is -0.123. The van der Waals surface area contributed by atoms with Gasteiger partial charge in [0.2, 0.25) is 11.8 Å². The van der Waals surface area contributed by atoms with Crippen molar-refractivity contribution in [2.75, 3.05) is 18.4 Å². The van der Waals surface area contributed by atoms with E-state index < -0.39 is 5.41 Å². The maximum Gasteiger partial charge on any atom is 0.235 e. The fourth-order valence-electron chi connectivity index (χ4n) is 5.04. The summed E-state index contributed by atoms with van der Waals surface area (Å²) < 4.78 is 13.9. The van der Waals surface area contributed by atoms with Gasteiger partial charge in [-0.2, -0.15) is 0 Å². The molecular weight excluding hydrogens is 393 g/mol. The molecule has 3 N–H and O–H groups in total. The second-order valence-electron chi connectivity index (χ2n) is 8.91. The van der Waals surface area contributed by atoms with Gasteiger partial charge in [0.15, 0.2) is 0 Å². The number of carbonyl (C=O) groups excluding carboxylic acids is 2. The van der Waals surface area contributed by atoms with Crippen molar-refractivity contribution < 1.29 is 14.0 Å². The number of piperidine rings is 1. The minimum absolute atomic E-state index is 0.0210. The number of likely N-dealkylation sites (tertiary alicyclic amines) is 1. The fourth-order valence-corrected chi connectivity index (χ4v) is 5.04. The van der Waals surface area contributed by atoms with Crippen LogP contribution in [0.5, 0.6) is 0 Å². The number of benzene rings is 2. The molecule has 1 heterocycles. The molecule has 0 aromatic heterocycles. The Bertz CT molecular complexity index is 947. The number of hydrogen-bond donors (Lipinski definition) is 2. The molecule has 2 fully saturated rings. The van der Waals surface area contributed by atoms with Crippen LogP contribution in [0.3, 0.4) is 0 Å². The zero-order valence-electron chi connectivity index (χ0n) is 17.8. The third kappa shape index (κ3) is 4.79. The Morgan fingerprint density at radius 1 is 1.06 bits per heavy atom. The van der Waals surface area contributed by atoms with Crippen molar-refractivity contribution in [3.63, 3.8) is 0 Å². The number of halogens is 1.